The first-order chi connectivity index (χ1) is 8.63. The maximum Gasteiger partial charge on any atom is 0.228 e. The first kappa shape index (κ1) is 12.9. The van der Waals surface area contributed by atoms with Crippen molar-refractivity contribution in [2.24, 2.45) is 0 Å². The van der Waals surface area contributed by atoms with Gasteiger partial charge in [0.15, 0.2) is 11.1 Å². The Balaban J connectivity index is 2.16. The number of benzene rings is 1. The van der Waals surface area contributed by atoms with E-state index in [1.807, 2.05) is 6.07 Å². The Bertz CT molecular complexity index is 580. The highest BCUT2D eigenvalue weighted by atomic mass is 35.5. The molecule has 2 rings (SSSR count). The van der Waals surface area contributed by atoms with Crippen molar-refractivity contribution in [2.75, 3.05) is 5.32 Å². The lowest BCUT2D eigenvalue weighted by Gasteiger charge is -2.06. The molecule has 1 atom stereocenters. The summed E-state index contributed by atoms with van der Waals surface area (Å²) in [6, 6.07) is 8.72. The Morgan fingerprint density at radius 1 is 1.39 bits per heavy atom. The summed E-state index contributed by atoms with van der Waals surface area (Å²) in [6.07, 6.45) is 1.55. The summed E-state index contributed by atoms with van der Waals surface area (Å²) < 4.78 is 19.6. The Morgan fingerprint density at radius 2 is 2.22 bits per heavy atom. The second kappa shape index (κ2) is 5.90. The first-order valence-corrected chi connectivity index (χ1v) is 6.71. The molecule has 94 valence electrons. The van der Waals surface area contributed by atoms with E-state index in [2.05, 4.69) is 15.3 Å². The van der Waals surface area contributed by atoms with E-state index in [1.165, 1.54) is 0 Å². The molecule has 1 aromatic heterocycles. The van der Waals surface area contributed by atoms with Crippen LogP contribution in [0.25, 0.3) is 0 Å². The summed E-state index contributed by atoms with van der Waals surface area (Å²) in [7, 11) is 0. The van der Waals surface area contributed by atoms with Gasteiger partial charge in [0.1, 0.15) is 5.15 Å². The minimum atomic E-state index is -1.86. The summed E-state index contributed by atoms with van der Waals surface area (Å²) in [6.45, 7) is 0. The number of hydrogen-bond donors (Lipinski definition) is 2. The average molecular weight is 284 g/mol. The van der Waals surface area contributed by atoms with Gasteiger partial charge in [-0.3, -0.25) is 0 Å². The number of aromatic nitrogens is 2. The maximum absolute atomic E-state index is 10.7. The zero-order valence-electron chi connectivity index (χ0n) is 9.21. The van der Waals surface area contributed by atoms with Gasteiger partial charge in [0.05, 0.1) is 5.75 Å². The molecule has 0 bridgehead atoms. The highest BCUT2D eigenvalue weighted by Gasteiger charge is 2.02. The summed E-state index contributed by atoms with van der Waals surface area (Å²) in [5, 5.41) is 3.32. The number of nitrogens with zero attached hydrogens (tertiary/aromatic N) is 2. The second-order valence-electron chi connectivity index (χ2n) is 3.49. The van der Waals surface area contributed by atoms with E-state index in [0.29, 0.717) is 11.1 Å². The molecule has 0 radical (unpaired) electrons. The van der Waals surface area contributed by atoms with Gasteiger partial charge in [0.25, 0.3) is 0 Å². The number of hydrogen-bond acceptors (Lipinski definition) is 4. The van der Waals surface area contributed by atoms with Crippen LogP contribution in [0.15, 0.2) is 36.5 Å². The highest BCUT2D eigenvalue weighted by molar-refractivity contribution is 7.78. The van der Waals surface area contributed by atoms with Gasteiger partial charge in [-0.1, -0.05) is 23.7 Å². The lowest BCUT2D eigenvalue weighted by molar-refractivity contribution is 0.563. The third-order valence-electron chi connectivity index (χ3n) is 2.09. The van der Waals surface area contributed by atoms with E-state index in [-0.39, 0.29) is 5.75 Å². The number of nitrogens with one attached hydrogen (secondary N) is 1. The van der Waals surface area contributed by atoms with Crippen LogP contribution in [-0.2, 0) is 16.8 Å². The molecule has 0 spiro atoms. The lowest BCUT2D eigenvalue weighted by atomic mass is 10.2. The molecule has 1 heterocycles. The van der Waals surface area contributed by atoms with Gasteiger partial charge in [0, 0.05) is 11.9 Å². The van der Waals surface area contributed by atoms with E-state index in [4.69, 9.17) is 16.2 Å². The zero-order valence-corrected chi connectivity index (χ0v) is 10.8. The molecule has 0 saturated heterocycles. The van der Waals surface area contributed by atoms with Crippen molar-refractivity contribution in [3.8, 4) is 0 Å². The van der Waals surface area contributed by atoms with Gasteiger partial charge in [-0.2, -0.15) is 0 Å². The minimum Gasteiger partial charge on any atom is -0.324 e. The van der Waals surface area contributed by atoms with Gasteiger partial charge in [-0.05, 0) is 23.8 Å². The van der Waals surface area contributed by atoms with Crippen LogP contribution >= 0.6 is 11.6 Å². The normalized spacial score (nSPS) is 12.1. The molecular weight excluding hydrogens is 274 g/mol. The Labute approximate surface area is 112 Å². The van der Waals surface area contributed by atoms with Crippen LogP contribution in [0.1, 0.15) is 5.56 Å². The van der Waals surface area contributed by atoms with Gasteiger partial charge < -0.3 is 9.87 Å². The van der Waals surface area contributed by atoms with E-state index in [0.717, 1.165) is 11.3 Å². The molecule has 1 aromatic carbocycles. The Kier molecular flexibility index (Phi) is 4.24. The van der Waals surface area contributed by atoms with Gasteiger partial charge in [-0.15, -0.1) is 0 Å². The summed E-state index contributed by atoms with van der Waals surface area (Å²) in [5.41, 5.74) is 1.49. The third-order valence-corrected chi connectivity index (χ3v) is 2.89. The van der Waals surface area contributed by atoms with Crippen LogP contribution in [0.5, 0.6) is 0 Å². The quantitative estimate of drug-likeness (QED) is 0.666. The summed E-state index contributed by atoms with van der Waals surface area (Å²) >= 11 is 3.89. The third kappa shape index (κ3) is 3.76. The first-order valence-electron chi connectivity index (χ1n) is 5.05. The van der Waals surface area contributed by atoms with E-state index in [9.17, 15) is 4.21 Å². The SMILES string of the molecule is O=S(O)Cc1cccc(Nc2nccc(Cl)n2)c1. The Morgan fingerprint density at radius 3 is 2.94 bits per heavy atom. The largest absolute Gasteiger partial charge is 0.324 e. The van der Waals surface area contributed by atoms with Crippen LogP contribution in [0.4, 0.5) is 11.6 Å². The topological polar surface area (TPSA) is 75.1 Å². The Hall–Kier alpha value is -1.50. The molecule has 18 heavy (non-hydrogen) atoms. The van der Waals surface area contributed by atoms with Crippen LogP contribution in [0.2, 0.25) is 5.15 Å². The minimum absolute atomic E-state index is 0.0892. The maximum atomic E-state index is 10.7. The van der Waals surface area contributed by atoms with Crippen molar-refractivity contribution in [1.29, 1.82) is 0 Å². The monoisotopic (exact) mass is 283 g/mol. The number of rotatable bonds is 4. The van der Waals surface area contributed by atoms with Crippen molar-refractivity contribution in [3.63, 3.8) is 0 Å². The molecule has 0 fully saturated rings. The molecule has 1 unspecified atom stereocenters. The number of halogens is 1. The van der Waals surface area contributed by atoms with Gasteiger partial charge >= 0.3 is 0 Å². The van der Waals surface area contributed by atoms with E-state index < -0.39 is 11.1 Å². The fourth-order valence-corrected chi connectivity index (χ4v) is 2.01. The molecule has 2 N–H and O–H groups in total. The lowest BCUT2D eigenvalue weighted by Crippen LogP contribution is -1.98. The molecule has 0 aliphatic heterocycles. The molecule has 7 heteroatoms. The van der Waals surface area contributed by atoms with Gasteiger partial charge in [0.2, 0.25) is 5.95 Å². The van der Waals surface area contributed by atoms with Crippen molar-refractivity contribution in [1.82, 2.24) is 9.97 Å². The fraction of sp³-hybridized carbons (Fsp3) is 0.0909. The van der Waals surface area contributed by atoms with Crippen LogP contribution in [-0.4, -0.2) is 18.7 Å². The molecule has 0 aliphatic carbocycles. The second-order valence-corrected chi connectivity index (χ2v) is 4.81. The van der Waals surface area contributed by atoms with Crippen molar-refractivity contribution in [3.05, 3.63) is 47.2 Å². The van der Waals surface area contributed by atoms with E-state index >= 15 is 0 Å². The highest BCUT2D eigenvalue weighted by Crippen LogP contribution is 2.16. The molecule has 0 amide bonds. The van der Waals surface area contributed by atoms with E-state index in [1.54, 1.807) is 30.5 Å². The average Bonchev–Trinajstić information content (AvgIpc) is 2.28. The van der Waals surface area contributed by atoms with Crippen LogP contribution < -0.4 is 5.32 Å². The molecule has 2 aromatic rings. The molecule has 0 saturated carbocycles. The van der Waals surface area contributed by atoms with Crippen molar-refractivity contribution in [2.45, 2.75) is 5.75 Å². The molecule has 5 nitrogen and oxygen atoms in total. The standard InChI is InChI=1S/C11H10ClN3O2S/c12-10-4-5-13-11(15-10)14-9-3-1-2-8(6-9)7-18(16)17/h1-6H,7H2,(H,16,17)(H,13,14,15). The molecular formula is C11H10ClN3O2S. The zero-order chi connectivity index (χ0) is 13.0. The molecule has 0 aliphatic rings. The number of anilines is 2. The van der Waals surface area contributed by atoms with Gasteiger partial charge in [-0.25, -0.2) is 14.2 Å². The predicted octanol–water partition coefficient (Wildman–Crippen LogP) is 2.60. The fourth-order valence-electron chi connectivity index (χ4n) is 1.41. The van der Waals surface area contributed by atoms with Crippen molar-refractivity contribution >= 4 is 34.3 Å². The predicted molar refractivity (Wildman–Crippen MR) is 71.2 cm³/mol. The summed E-state index contributed by atoms with van der Waals surface area (Å²) in [5.74, 6) is 0.469. The summed E-state index contributed by atoms with van der Waals surface area (Å²) in [4.78, 5) is 8.00. The smallest absolute Gasteiger partial charge is 0.228 e. The van der Waals surface area contributed by atoms with Crippen LogP contribution in [0.3, 0.4) is 0 Å². The van der Waals surface area contributed by atoms with Crippen LogP contribution in [0, 0.1) is 0 Å². The van der Waals surface area contributed by atoms with Crippen molar-refractivity contribution < 1.29 is 8.76 Å².